The largest absolute Gasteiger partial charge is 0.497 e. The third-order valence-corrected chi connectivity index (χ3v) is 8.66. The molecule has 1 N–H and O–H groups in total. The molecule has 5 rings (SSSR count). The van der Waals surface area contributed by atoms with Gasteiger partial charge >= 0.3 is 0 Å². The van der Waals surface area contributed by atoms with Crippen LogP contribution in [0.4, 0.5) is 17.5 Å². The molecule has 1 aliphatic rings. The van der Waals surface area contributed by atoms with Crippen LogP contribution in [0.25, 0.3) is 10.2 Å². The Balaban J connectivity index is 1.29. The van der Waals surface area contributed by atoms with Crippen molar-refractivity contribution in [1.29, 1.82) is 0 Å². The fraction of sp³-hybridized carbons (Fsp3) is 0.292. The van der Waals surface area contributed by atoms with Gasteiger partial charge < -0.3 is 15.0 Å². The molecule has 182 valence electrons. The summed E-state index contributed by atoms with van der Waals surface area (Å²) in [5.41, 5.74) is 2.54. The fourth-order valence-corrected chi connectivity index (χ4v) is 6.43. The number of thiazole rings is 1. The van der Waals surface area contributed by atoms with E-state index in [0.29, 0.717) is 42.8 Å². The summed E-state index contributed by atoms with van der Waals surface area (Å²) in [7, 11) is -1.96. The van der Waals surface area contributed by atoms with Crippen molar-refractivity contribution in [2.24, 2.45) is 0 Å². The Kier molecular flexibility index (Phi) is 6.30. The molecule has 0 unspecified atom stereocenters. The maximum absolute atomic E-state index is 13.3. The van der Waals surface area contributed by atoms with Crippen molar-refractivity contribution in [2.75, 3.05) is 43.5 Å². The van der Waals surface area contributed by atoms with E-state index in [1.54, 1.807) is 25.3 Å². The molecule has 2 aromatic carbocycles. The fourth-order valence-electron chi connectivity index (χ4n) is 4.04. The smallest absolute Gasteiger partial charge is 0.243 e. The number of hydrogen-bond acceptors (Lipinski definition) is 9. The van der Waals surface area contributed by atoms with Crippen LogP contribution in [0.15, 0.2) is 53.4 Å². The molecule has 0 amide bonds. The van der Waals surface area contributed by atoms with Gasteiger partial charge in [0.1, 0.15) is 11.6 Å². The summed E-state index contributed by atoms with van der Waals surface area (Å²) in [6.45, 7) is 5.58. The SMILES string of the molecule is COc1ccc(Nc2cc(C)nc(N3CCN(S(=O)(=O)c4ccc5nc(C)sc5c4)CC3)n2)cc1. The van der Waals surface area contributed by atoms with Gasteiger partial charge in [0, 0.05) is 43.6 Å². The molecule has 2 aromatic heterocycles. The second kappa shape index (κ2) is 9.40. The second-order valence-electron chi connectivity index (χ2n) is 8.30. The van der Waals surface area contributed by atoms with Gasteiger partial charge in [0.05, 0.1) is 27.2 Å². The molecule has 35 heavy (non-hydrogen) atoms. The molecule has 0 aliphatic carbocycles. The number of anilines is 3. The zero-order valence-electron chi connectivity index (χ0n) is 19.7. The van der Waals surface area contributed by atoms with E-state index in [1.807, 2.05) is 49.1 Å². The maximum atomic E-state index is 13.3. The molecule has 0 radical (unpaired) electrons. The first kappa shape index (κ1) is 23.5. The summed E-state index contributed by atoms with van der Waals surface area (Å²) >= 11 is 1.50. The summed E-state index contributed by atoms with van der Waals surface area (Å²) in [4.78, 5) is 16.0. The molecule has 4 aromatic rings. The lowest BCUT2D eigenvalue weighted by Crippen LogP contribution is -2.49. The van der Waals surface area contributed by atoms with Crippen LogP contribution in [0.3, 0.4) is 0 Å². The van der Waals surface area contributed by atoms with Crippen LogP contribution in [0.5, 0.6) is 5.75 Å². The second-order valence-corrected chi connectivity index (χ2v) is 11.5. The molecule has 0 atom stereocenters. The minimum Gasteiger partial charge on any atom is -0.497 e. The molecular formula is C24H26N6O3S2. The zero-order chi connectivity index (χ0) is 24.6. The van der Waals surface area contributed by atoms with Crippen molar-refractivity contribution < 1.29 is 13.2 Å². The minimum atomic E-state index is -3.59. The van der Waals surface area contributed by atoms with E-state index in [9.17, 15) is 8.42 Å². The normalized spacial score (nSPS) is 14.9. The van der Waals surface area contributed by atoms with Gasteiger partial charge in [-0.25, -0.2) is 18.4 Å². The van der Waals surface area contributed by atoms with E-state index in [4.69, 9.17) is 4.74 Å². The summed E-state index contributed by atoms with van der Waals surface area (Å²) in [5.74, 6) is 2.05. The predicted molar refractivity (Wildman–Crippen MR) is 138 cm³/mol. The molecule has 3 heterocycles. The van der Waals surface area contributed by atoms with Crippen LogP contribution in [-0.2, 0) is 10.0 Å². The predicted octanol–water partition coefficient (Wildman–Crippen LogP) is 3.97. The molecule has 0 bridgehead atoms. The average molecular weight is 511 g/mol. The lowest BCUT2D eigenvalue weighted by Gasteiger charge is -2.34. The highest BCUT2D eigenvalue weighted by atomic mass is 32.2. The molecular weight excluding hydrogens is 484 g/mol. The van der Waals surface area contributed by atoms with Crippen molar-refractivity contribution in [3.8, 4) is 5.75 Å². The van der Waals surface area contributed by atoms with Gasteiger partial charge in [-0.2, -0.15) is 9.29 Å². The van der Waals surface area contributed by atoms with E-state index in [1.165, 1.54) is 15.6 Å². The Morgan fingerprint density at radius 3 is 2.40 bits per heavy atom. The zero-order valence-corrected chi connectivity index (χ0v) is 21.4. The van der Waals surface area contributed by atoms with Crippen molar-refractivity contribution in [3.63, 3.8) is 0 Å². The first-order chi connectivity index (χ1) is 16.8. The van der Waals surface area contributed by atoms with Crippen molar-refractivity contribution >= 4 is 49.0 Å². The number of ether oxygens (including phenoxy) is 1. The molecule has 0 saturated carbocycles. The van der Waals surface area contributed by atoms with Crippen molar-refractivity contribution in [1.82, 2.24) is 19.3 Å². The Morgan fingerprint density at radius 1 is 0.943 bits per heavy atom. The van der Waals surface area contributed by atoms with E-state index in [2.05, 4.69) is 20.3 Å². The van der Waals surface area contributed by atoms with Gasteiger partial charge in [-0.3, -0.25) is 0 Å². The highest BCUT2D eigenvalue weighted by molar-refractivity contribution is 7.89. The third kappa shape index (κ3) is 4.93. The van der Waals surface area contributed by atoms with Crippen molar-refractivity contribution in [3.05, 3.63) is 59.2 Å². The number of piperazine rings is 1. The monoisotopic (exact) mass is 510 g/mol. The van der Waals surface area contributed by atoms with Gasteiger partial charge in [0.25, 0.3) is 0 Å². The number of sulfonamides is 1. The first-order valence-electron chi connectivity index (χ1n) is 11.2. The Bertz CT molecular complexity index is 1460. The number of fused-ring (bicyclic) bond motifs is 1. The lowest BCUT2D eigenvalue weighted by molar-refractivity contribution is 0.382. The van der Waals surface area contributed by atoms with Crippen LogP contribution in [0.1, 0.15) is 10.7 Å². The number of nitrogens with zero attached hydrogens (tertiary/aromatic N) is 5. The molecule has 9 nitrogen and oxygen atoms in total. The van der Waals surface area contributed by atoms with Gasteiger partial charge in [0.2, 0.25) is 16.0 Å². The van der Waals surface area contributed by atoms with Crippen LogP contribution < -0.4 is 15.0 Å². The number of hydrogen-bond donors (Lipinski definition) is 1. The van der Waals surface area contributed by atoms with E-state index in [0.717, 1.165) is 32.4 Å². The first-order valence-corrected chi connectivity index (χ1v) is 13.5. The van der Waals surface area contributed by atoms with E-state index >= 15 is 0 Å². The van der Waals surface area contributed by atoms with Gasteiger partial charge in [-0.1, -0.05) is 0 Å². The Labute approximate surface area is 208 Å². The molecule has 11 heteroatoms. The van der Waals surface area contributed by atoms with Crippen LogP contribution >= 0.6 is 11.3 Å². The Morgan fingerprint density at radius 2 is 1.69 bits per heavy atom. The molecule has 1 aliphatic heterocycles. The molecule has 0 spiro atoms. The average Bonchev–Trinajstić information content (AvgIpc) is 3.23. The van der Waals surface area contributed by atoms with Gasteiger partial charge in [-0.15, -0.1) is 11.3 Å². The Hall–Kier alpha value is -3.28. The maximum Gasteiger partial charge on any atom is 0.243 e. The van der Waals surface area contributed by atoms with Gasteiger partial charge in [0.15, 0.2) is 0 Å². The quantitative estimate of drug-likeness (QED) is 0.416. The van der Waals surface area contributed by atoms with E-state index in [-0.39, 0.29) is 0 Å². The highest BCUT2D eigenvalue weighted by Crippen LogP contribution is 2.27. The number of rotatable bonds is 6. The van der Waals surface area contributed by atoms with Crippen LogP contribution in [0, 0.1) is 13.8 Å². The number of methoxy groups -OCH3 is 1. The summed E-state index contributed by atoms with van der Waals surface area (Å²) in [5, 5.41) is 4.22. The number of aryl methyl sites for hydroxylation is 2. The van der Waals surface area contributed by atoms with Crippen LogP contribution in [0.2, 0.25) is 0 Å². The van der Waals surface area contributed by atoms with Crippen LogP contribution in [-0.4, -0.2) is 61.0 Å². The number of benzene rings is 2. The lowest BCUT2D eigenvalue weighted by atomic mass is 10.3. The van der Waals surface area contributed by atoms with E-state index < -0.39 is 10.0 Å². The summed E-state index contributed by atoms with van der Waals surface area (Å²) in [6, 6.07) is 14.6. The molecule has 1 saturated heterocycles. The van der Waals surface area contributed by atoms with Gasteiger partial charge in [-0.05, 0) is 56.3 Å². The highest BCUT2D eigenvalue weighted by Gasteiger charge is 2.30. The number of nitrogens with one attached hydrogen (secondary N) is 1. The third-order valence-electron chi connectivity index (χ3n) is 5.83. The van der Waals surface area contributed by atoms with Crippen molar-refractivity contribution in [2.45, 2.75) is 18.7 Å². The minimum absolute atomic E-state index is 0.305. The molecule has 1 fully saturated rings. The topological polar surface area (TPSA) is 101 Å². The summed E-state index contributed by atoms with van der Waals surface area (Å²) in [6.07, 6.45) is 0. The number of aromatic nitrogens is 3. The summed E-state index contributed by atoms with van der Waals surface area (Å²) < 4.78 is 34.2. The standard InChI is InChI=1S/C24H26N6O3S2/c1-16-14-23(27-18-4-6-19(33-3)7-5-18)28-24(25-16)29-10-12-30(13-11-29)35(31,32)20-8-9-21-22(15-20)34-17(2)26-21/h4-9,14-15H,10-13H2,1-3H3,(H,25,27,28).